The zero-order chi connectivity index (χ0) is 9.97. The molecule has 1 aromatic carbocycles. The molecule has 14 heavy (non-hydrogen) atoms. The fourth-order valence-electron chi connectivity index (χ4n) is 2.24. The standard InChI is InChI=1S/C13H19N/c1-11(2)10-14-9-5-7-12-6-3-4-8-13(12)14/h3-4,6,8,11H,5,7,9-10H2,1-2H3. The third kappa shape index (κ3) is 1.92. The minimum atomic E-state index is 0.751. The van der Waals surface area contributed by atoms with Crippen LogP contribution in [0.4, 0.5) is 5.69 Å². The average Bonchev–Trinajstić information content (AvgIpc) is 2.18. The van der Waals surface area contributed by atoms with Crippen LogP contribution in [-0.2, 0) is 6.42 Å². The molecule has 0 amide bonds. The van der Waals surface area contributed by atoms with Crippen LogP contribution in [0.15, 0.2) is 24.3 Å². The van der Waals surface area contributed by atoms with Gasteiger partial charge in [0.1, 0.15) is 0 Å². The first kappa shape index (κ1) is 9.57. The van der Waals surface area contributed by atoms with Gasteiger partial charge >= 0.3 is 0 Å². The van der Waals surface area contributed by atoms with E-state index in [1.54, 1.807) is 0 Å². The Morgan fingerprint density at radius 2 is 2.07 bits per heavy atom. The maximum atomic E-state index is 2.53. The van der Waals surface area contributed by atoms with E-state index in [4.69, 9.17) is 0 Å². The van der Waals surface area contributed by atoms with Crippen LogP contribution < -0.4 is 4.90 Å². The highest BCUT2D eigenvalue weighted by atomic mass is 15.1. The van der Waals surface area contributed by atoms with Crippen molar-refractivity contribution >= 4 is 5.69 Å². The molecule has 0 fully saturated rings. The largest absolute Gasteiger partial charge is 0.371 e. The van der Waals surface area contributed by atoms with Gasteiger partial charge in [0.2, 0.25) is 0 Å². The quantitative estimate of drug-likeness (QED) is 0.691. The second-order valence-electron chi connectivity index (χ2n) is 4.57. The van der Waals surface area contributed by atoms with E-state index in [1.807, 2.05) is 0 Å². The van der Waals surface area contributed by atoms with Gasteiger partial charge in [0, 0.05) is 18.8 Å². The summed E-state index contributed by atoms with van der Waals surface area (Å²) < 4.78 is 0. The van der Waals surface area contributed by atoms with Crippen molar-refractivity contribution in [3.8, 4) is 0 Å². The van der Waals surface area contributed by atoms with Crippen molar-refractivity contribution < 1.29 is 0 Å². The van der Waals surface area contributed by atoms with Gasteiger partial charge in [-0.2, -0.15) is 0 Å². The van der Waals surface area contributed by atoms with Crippen LogP contribution in [0.3, 0.4) is 0 Å². The fraction of sp³-hybridized carbons (Fsp3) is 0.538. The summed E-state index contributed by atoms with van der Waals surface area (Å²) in [5.41, 5.74) is 2.99. The highest BCUT2D eigenvalue weighted by molar-refractivity contribution is 5.55. The van der Waals surface area contributed by atoms with E-state index in [9.17, 15) is 0 Å². The van der Waals surface area contributed by atoms with Gasteiger partial charge in [-0.25, -0.2) is 0 Å². The summed E-state index contributed by atoms with van der Waals surface area (Å²) in [6.07, 6.45) is 2.56. The molecule has 1 heterocycles. The number of fused-ring (bicyclic) bond motifs is 1. The van der Waals surface area contributed by atoms with Crippen LogP contribution in [0.25, 0.3) is 0 Å². The average molecular weight is 189 g/mol. The molecule has 0 atom stereocenters. The van der Waals surface area contributed by atoms with Crippen molar-refractivity contribution in [3.05, 3.63) is 29.8 Å². The Bertz CT molecular complexity index is 304. The van der Waals surface area contributed by atoms with E-state index in [0.29, 0.717) is 0 Å². The van der Waals surface area contributed by atoms with Crippen molar-refractivity contribution in [3.63, 3.8) is 0 Å². The van der Waals surface area contributed by atoms with Gasteiger partial charge in [-0.15, -0.1) is 0 Å². The minimum absolute atomic E-state index is 0.751. The molecule has 1 aromatic rings. The first-order valence-corrected chi connectivity index (χ1v) is 5.60. The summed E-state index contributed by atoms with van der Waals surface area (Å²) in [5.74, 6) is 0.751. The summed E-state index contributed by atoms with van der Waals surface area (Å²) in [4.78, 5) is 2.53. The van der Waals surface area contributed by atoms with Crippen LogP contribution in [0.5, 0.6) is 0 Å². The molecule has 0 saturated heterocycles. The molecule has 2 rings (SSSR count). The van der Waals surface area contributed by atoms with Gasteiger partial charge in [-0.3, -0.25) is 0 Å². The highest BCUT2D eigenvalue weighted by Crippen LogP contribution is 2.26. The number of aryl methyl sites for hydroxylation is 1. The monoisotopic (exact) mass is 189 g/mol. The highest BCUT2D eigenvalue weighted by Gasteiger charge is 2.16. The summed E-state index contributed by atoms with van der Waals surface area (Å²) >= 11 is 0. The molecule has 76 valence electrons. The van der Waals surface area contributed by atoms with Crippen LogP contribution in [-0.4, -0.2) is 13.1 Å². The Balaban J connectivity index is 2.22. The number of para-hydroxylation sites is 1. The topological polar surface area (TPSA) is 3.24 Å². The van der Waals surface area contributed by atoms with E-state index in [-0.39, 0.29) is 0 Å². The normalized spacial score (nSPS) is 15.8. The smallest absolute Gasteiger partial charge is 0.0398 e. The lowest BCUT2D eigenvalue weighted by atomic mass is 10.0. The molecule has 0 bridgehead atoms. The van der Waals surface area contributed by atoms with E-state index < -0.39 is 0 Å². The van der Waals surface area contributed by atoms with Crippen molar-refractivity contribution in [2.24, 2.45) is 5.92 Å². The summed E-state index contributed by atoms with van der Waals surface area (Å²) in [5, 5.41) is 0. The van der Waals surface area contributed by atoms with Gasteiger partial charge in [-0.05, 0) is 30.4 Å². The summed E-state index contributed by atoms with van der Waals surface area (Å²) in [6, 6.07) is 8.83. The molecule has 0 saturated carbocycles. The predicted octanol–water partition coefficient (Wildman–Crippen LogP) is 3.10. The number of hydrogen-bond acceptors (Lipinski definition) is 1. The molecule has 0 aliphatic carbocycles. The van der Waals surface area contributed by atoms with Crippen molar-refractivity contribution in [1.29, 1.82) is 0 Å². The Hall–Kier alpha value is -0.980. The number of nitrogens with zero attached hydrogens (tertiary/aromatic N) is 1. The lowest BCUT2D eigenvalue weighted by molar-refractivity contribution is 0.584. The van der Waals surface area contributed by atoms with Crippen LogP contribution in [0.2, 0.25) is 0 Å². The predicted molar refractivity (Wildman–Crippen MR) is 61.8 cm³/mol. The SMILES string of the molecule is CC(C)CN1CCCc2ccccc21. The van der Waals surface area contributed by atoms with Crippen molar-refractivity contribution in [2.45, 2.75) is 26.7 Å². The zero-order valence-electron chi connectivity index (χ0n) is 9.16. The first-order chi connectivity index (χ1) is 6.77. The third-order valence-electron chi connectivity index (χ3n) is 2.79. The van der Waals surface area contributed by atoms with Gasteiger partial charge in [-0.1, -0.05) is 32.0 Å². The lowest BCUT2D eigenvalue weighted by Gasteiger charge is -2.32. The summed E-state index contributed by atoms with van der Waals surface area (Å²) in [7, 11) is 0. The summed E-state index contributed by atoms with van der Waals surface area (Å²) in [6.45, 7) is 7.00. The second-order valence-corrected chi connectivity index (χ2v) is 4.57. The van der Waals surface area contributed by atoms with E-state index in [2.05, 4.69) is 43.0 Å². The van der Waals surface area contributed by atoms with E-state index in [0.717, 1.165) is 5.92 Å². The molecular weight excluding hydrogens is 170 g/mol. The molecular formula is C13H19N. The first-order valence-electron chi connectivity index (χ1n) is 5.60. The van der Waals surface area contributed by atoms with Crippen LogP contribution >= 0.6 is 0 Å². The molecule has 0 N–H and O–H groups in total. The van der Waals surface area contributed by atoms with Gasteiger partial charge in [0.05, 0.1) is 0 Å². The third-order valence-corrected chi connectivity index (χ3v) is 2.79. The Morgan fingerprint density at radius 1 is 1.29 bits per heavy atom. The number of anilines is 1. The van der Waals surface area contributed by atoms with Gasteiger partial charge < -0.3 is 4.90 Å². The molecule has 0 radical (unpaired) electrons. The van der Waals surface area contributed by atoms with Crippen LogP contribution in [0, 0.1) is 5.92 Å². The van der Waals surface area contributed by atoms with E-state index in [1.165, 1.54) is 37.2 Å². The minimum Gasteiger partial charge on any atom is -0.371 e. The Kier molecular flexibility index (Phi) is 2.76. The van der Waals surface area contributed by atoms with Crippen molar-refractivity contribution in [2.75, 3.05) is 18.0 Å². The van der Waals surface area contributed by atoms with Crippen LogP contribution in [0.1, 0.15) is 25.8 Å². The zero-order valence-corrected chi connectivity index (χ0v) is 9.16. The molecule has 0 spiro atoms. The molecule has 1 aliphatic heterocycles. The molecule has 1 heteroatoms. The number of hydrogen-bond donors (Lipinski definition) is 0. The Labute approximate surface area is 86.7 Å². The number of rotatable bonds is 2. The fourth-order valence-corrected chi connectivity index (χ4v) is 2.24. The maximum absolute atomic E-state index is 2.53. The number of benzene rings is 1. The molecule has 1 aliphatic rings. The van der Waals surface area contributed by atoms with Gasteiger partial charge in [0.15, 0.2) is 0 Å². The lowest BCUT2D eigenvalue weighted by Crippen LogP contribution is -2.32. The molecule has 0 aromatic heterocycles. The van der Waals surface area contributed by atoms with Crippen molar-refractivity contribution in [1.82, 2.24) is 0 Å². The maximum Gasteiger partial charge on any atom is 0.0398 e. The van der Waals surface area contributed by atoms with E-state index >= 15 is 0 Å². The molecule has 0 unspecified atom stereocenters. The Morgan fingerprint density at radius 3 is 2.86 bits per heavy atom. The molecule has 1 nitrogen and oxygen atoms in total. The van der Waals surface area contributed by atoms with Gasteiger partial charge in [0.25, 0.3) is 0 Å². The second kappa shape index (κ2) is 4.04.